The summed E-state index contributed by atoms with van der Waals surface area (Å²) in [4.78, 5) is 50.6. The van der Waals surface area contributed by atoms with Gasteiger partial charge in [-0.3, -0.25) is 19.3 Å². The number of hydrogen-bond donors (Lipinski definition) is 0. The van der Waals surface area contributed by atoms with E-state index in [9.17, 15) is 19.2 Å². The van der Waals surface area contributed by atoms with Crippen molar-refractivity contribution in [3.8, 4) is 0 Å². The molecule has 1 aliphatic heterocycles. The lowest BCUT2D eigenvalue weighted by molar-refractivity contribution is -0.143. The number of amides is 4. The van der Waals surface area contributed by atoms with E-state index in [-0.39, 0.29) is 12.3 Å². The molecule has 0 spiro atoms. The summed E-state index contributed by atoms with van der Waals surface area (Å²) in [5.41, 5.74) is 1.99. The third-order valence-electron chi connectivity index (χ3n) is 4.65. The number of aryl methyl sites for hydroxylation is 1. The van der Waals surface area contributed by atoms with Crippen LogP contribution in [0.15, 0.2) is 28.9 Å². The molecular formula is C19H21N3O5. The molecule has 2 aromatic heterocycles. The fourth-order valence-corrected chi connectivity index (χ4v) is 3.22. The Balaban J connectivity index is 1.80. The van der Waals surface area contributed by atoms with E-state index in [1.165, 1.54) is 0 Å². The van der Waals surface area contributed by atoms with Crippen molar-refractivity contribution >= 4 is 23.6 Å². The maximum absolute atomic E-state index is 12.7. The van der Waals surface area contributed by atoms with Gasteiger partial charge in [0, 0.05) is 23.5 Å². The summed E-state index contributed by atoms with van der Waals surface area (Å²) >= 11 is 0. The van der Waals surface area contributed by atoms with Crippen LogP contribution in [0.25, 0.3) is 0 Å². The van der Waals surface area contributed by atoms with Crippen molar-refractivity contribution in [2.24, 2.45) is 0 Å². The summed E-state index contributed by atoms with van der Waals surface area (Å²) in [6.45, 7) is 5.65. The van der Waals surface area contributed by atoms with Crippen LogP contribution in [0.1, 0.15) is 40.9 Å². The van der Waals surface area contributed by atoms with Gasteiger partial charge < -0.3 is 8.98 Å². The summed E-state index contributed by atoms with van der Waals surface area (Å²) < 4.78 is 7.28. The van der Waals surface area contributed by atoms with Gasteiger partial charge in [-0.1, -0.05) is 6.92 Å². The van der Waals surface area contributed by atoms with Crippen molar-refractivity contribution in [1.82, 2.24) is 14.4 Å². The monoisotopic (exact) mass is 371 g/mol. The number of furan rings is 1. The van der Waals surface area contributed by atoms with Crippen LogP contribution < -0.4 is 0 Å². The first-order chi connectivity index (χ1) is 12.8. The first-order valence-electron chi connectivity index (χ1n) is 8.74. The molecule has 0 aromatic carbocycles. The molecule has 0 bridgehead atoms. The van der Waals surface area contributed by atoms with E-state index < -0.39 is 24.4 Å². The van der Waals surface area contributed by atoms with Crippen LogP contribution in [0.2, 0.25) is 0 Å². The Hall–Kier alpha value is -3.16. The molecule has 3 heterocycles. The molecule has 0 radical (unpaired) electrons. The van der Waals surface area contributed by atoms with Gasteiger partial charge in [0.25, 0.3) is 0 Å². The lowest BCUT2D eigenvalue weighted by atomic mass is 10.1. The highest BCUT2D eigenvalue weighted by atomic mass is 16.3. The molecule has 0 aliphatic carbocycles. The van der Waals surface area contributed by atoms with Gasteiger partial charge in [-0.15, -0.1) is 0 Å². The van der Waals surface area contributed by atoms with E-state index in [1.54, 1.807) is 32.2 Å². The van der Waals surface area contributed by atoms with E-state index in [1.807, 2.05) is 17.6 Å². The van der Waals surface area contributed by atoms with Gasteiger partial charge in [0.15, 0.2) is 5.78 Å². The first kappa shape index (κ1) is 18.6. The quantitative estimate of drug-likeness (QED) is 0.422. The molecule has 8 nitrogen and oxygen atoms in total. The molecule has 1 aliphatic rings. The molecule has 0 unspecified atom stereocenters. The molecule has 3 rings (SSSR count). The predicted octanol–water partition coefficient (Wildman–Crippen LogP) is 2.13. The largest absolute Gasteiger partial charge is 0.467 e. The zero-order valence-electron chi connectivity index (χ0n) is 15.5. The maximum Gasteiger partial charge on any atom is 0.334 e. The van der Waals surface area contributed by atoms with Crippen LogP contribution in [0.5, 0.6) is 0 Å². The average Bonchev–Trinajstić information content (AvgIpc) is 3.30. The minimum atomic E-state index is -0.953. The number of nitrogens with zero attached hydrogens (tertiary/aromatic N) is 3. The smallest absolute Gasteiger partial charge is 0.334 e. The third-order valence-corrected chi connectivity index (χ3v) is 4.65. The summed E-state index contributed by atoms with van der Waals surface area (Å²) in [7, 11) is 0. The highest BCUT2D eigenvalue weighted by Gasteiger charge is 2.44. The molecule has 142 valence electrons. The van der Waals surface area contributed by atoms with Crippen LogP contribution >= 0.6 is 0 Å². The van der Waals surface area contributed by atoms with Gasteiger partial charge in [0.1, 0.15) is 5.76 Å². The van der Waals surface area contributed by atoms with E-state index in [2.05, 4.69) is 0 Å². The summed E-state index contributed by atoms with van der Waals surface area (Å²) in [5, 5.41) is 0. The number of hydrogen-bond acceptors (Lipinski definition) is 5. The second-order valence-corrected chi connectivity index (χ2v) is 6.50. The number of Topliss-reactive ketones (excluding diaryl/α,β-unsaturated/α-hetero) is 1. The Kier molecular flexibility index (Phi) is 4.98. The SMILES string of the molecule is CCCN1C(=O)C(=O)N(CC(=O)c2cc(C)n(Cc3ccco3)c2C)C1=O. The fourth-order valence-electron chi connectivity index (χ4n) is 3.22. The van der Waals surface area contributed by atoms with Gasteiger partial charge in [0.2, 0.25) is 0 Å². The normalized spacial score (nSPS) is 14.6. The Morgan fingerprint density at radius 2 is 1.81 bits per heavy atom. The van der Waals surface area contributed by atoms with E-state index in [0.29, 0.717) is 24.2 Å². The van der Waals surface area contributed by atoms with Crippen LogP contribution in [0.4, 0.5) is 4.79 Å². The van der Waals surface area contributed by atoms with E-state index >= 15 is 0 Å². The molecule has 1 saturated heterocycles. The number of rotatable bonds is 7. The zero-order chi connectivity index (χ0) is 19.7. The lowest BCUT2D eigenvalue weighted by Crippen LogP contribution is -2.37. The molecule has 0 atom stereocenters. The van der Waals surface area contributed by atoms with Gasteiger partial charge in [0.05, 0.1) is 19.4 Å². The van der Waals surface area contributed by atoms with Crippen molar-refractivity contribution in [3.63, 3.8) is 0 Å². The number of ketones is 1. The topological polar surface area (TPSA) is 92.8 Å². The summed E-state index contributed by atoms with van der Waals surface area (Å²) in [6, 6.07) is 4.62. The van der Waals surface area contributed by atoms with Crippen LogP contribution in [0.3, 0.4) is 0 Å². The fraction of sp³-hybridized carbons (Fsp3) is 0.368. The number of imide groups is 2. The molecule has 0 saturated carbocycles. The van der Waals surface area contributed by atoms with Crippen LogP contribution in [-0.2, 0) is 16.1 Å². The third kappa shape index (κ3) is 3.30. The predicted molar refractivity (Wildman–Crippen MR) is 95.2 cm³/mol. The summed E-state index contributed by atoms with van der Waals surface area (Å²) in [6.07, 6.45) is 2.12. The Bertz CT molecular complexity index is 910. The Morgan fingerprint density at radius 3 is 2.44 bits per heavy atom. The number of carbonyl (C=O) groups excluding carboxylic acids is 4. The van der Waals surface area contributed by atoms with Gasteiger partial charge in [-0.25, -0.2) is 9.69 Å². The second-order valence-electron chi connectivity index (χ2n) is 6.50. The van der Waals surface area contributed by atoms with Gasteiger partial charge in [-0.05, 0) is 38.5 Å². The van der Waals surface area contributed by atoms with Crippen molar-refractivity contribution < 1.29 is 23.6 Å². The minimum Gasteiger partial charge on any atom is -0.467 e. The van der Waals surface area contributed by atoms with Crippen molar-refractivity contribution in [1.29, 1.82) is 0 Å². The highest BCUT2D eigenvalue weighted by molar-refractivity contribution is 6.45. The Morgan fingerprint density at radius 1 is 1.11 bits per heavy atom. The number of carbonyl (C=O) groups is 4. The molecule has 4 amide bonds. The molecule has 27 heavy (non-hydrogen) atoms. The van der Waals surface area contributed by atoms with Crippen molar-refractivity contribution in [3.05, 3.63) is 47.2 Å². The van der Waals surface area contributed by atoms with Crippen LogP contribution in [0, 0.1) is 13.8 Å². The lowest BCUT2D eigenvalue weighted by Gasteiger charge is -2.14. The second kappa shape index (κ2) is 7.22. The highest BCUT2D eigenvalue weighted by Crippen LogP contribution is 2.20. The first-order valence-corrected chi connectivity index (χ1v) is 8.74. The van der Waals surface area contributed by atoms with Crippen molar-refractivity contribution in [2.45, 2.75) is 33.7 Å². The van der Waals surface area contributed by atoms with E-state index in [4.69, 9.17) is 4.42 Å². The standard InChI is InChI=1S/C19H21N3O5/c1-4-7-20-17(24)18(25)22(19(20)26)11-16(23)15-9-12(2)21(13(15)3)10-14-6-5-8-27-14/h5-6,8-9H,4,7,10-11H2,1-3H3. The Labute approximate surface area is 156 Å². The van der Waals surface area contributed by atoms with Gasteiger partial charge in [-0.2, -0.15) is 0 Å². The molecule has 2 aromatic rings. The van der Waals surface area contributed by atoms with Crippen LogP contribution in [-0.4, -0.2) is 51.1 Å². The van der Waals surface area contributed by atoms with E-state index in [0.717, 1.165) is 21.3 Å². The average molecular weight is 371 g/mol. The molecule has 1 fully saturated rings. The van der Waals surface area contributed by atoms with Gasteiger partial charge >= 0.3 is 17.8 Å². The molecule has 0 N–H and O–H groups in total. The number of aromatic nitrogens is 1. The zero-order valence-corrected chi connectivity index (χ0v) is 15.5. The molecular weight excluding hydrogens is 350 g/mol. The maximum atomic E-state index is 12.7. The number of urea groups is 1. The minimum absolute atomic E-state index is 0.158. The summed E-state index contributed by atoms with van der Waals surface area (Å²) in [5.74, 6) is -1.47. The van der Waals surface area contributed by atoms with Crippen molar-refractivity contribution in [2.75, 3.05) is 13.1 Å². The molecule has 8 heteroatoms.